The maximum Gasteiger partial charge on any atom is 0.331 e. The van der Waals surface area contributed by atoms with Gasteiger partial charge in [-0.25, -0.2) is 4.79 Å². The average molecular weight is 548 g/mol. The molecule has 0 aromatic heterocycles. The van der Waals surface area contributed by atoms with Crippen LogP contribution in [0.2, 0.25) is 0 Å². The van der Waals surface area contributed by atoms with Gasteiger partial charge in [0.05, 0.1) is 17.6 Å². The molecule has 8 heteroatoms. The van der Waals surface area contributed by atoms with Crippen molar-refractivity contribution >= 4 is 23.6 Å². The normalized spacial score (nSPS) is 42.0. The number of esters is 2. The molecule has 8 nitrogen and oxygen atoms in total. The Balaban J connectivity index is 1.57. The van der Waals surface area contributed by atoms with E-state index in [0.717, 1.165) is 17.7 Å². The van der Waals surface area contributed by atoms with Gasteiger partial charge in [0.1, 0.15) is 0 Å². The summed E-state index contributed by atoms with van der Waals surface area (Å²) in [5.74, 6) is -3.26. The number of ketones is 1. The molecular weight excluding hydrogens is 510 g/mol. The lowest BCUT2D eigenvalue weighted by atomic mass is 9.59. The number of hydrogen-bond donors (Lipinski definition) is 1. The van der Waals surface area contributed by atoms with Gasteiger partial charge in [-0.05, 0) is 55.7 Å². The zero-order valence-electron chi connectivity index (χ0n) is 23.6. The van der Waals surface area contributed by atoms with Crippen LogP contribution in [0.25, 0.3) is 0 Å². The van der Waals surface area contributed by atoms with Gasteiger partial charge >= 0.3 is 11.9 Å². The molecule has 1 N–H and O–H groups in total. The molecule has 3 fully saturated rings. The van der Waals surface area contributed by atoms with E-state index in [4.69, 9.17) is 14.2 Å². The van der Waals surface area contributed by atoms with Gasteiger partial charge in [0, 0.05) is 25.0 Å². The number of hydrogen-bond acceptors (Lipinski definition) is 7. The monoisotopic (exact) mass is 547 g/mol. The van der Waals surface area contributed by atoms with Crippen LogP contribution in [0.3, 0.4) is 0 Å². The lowest BCUT2D eigenvalue weighted by Gasteiger charge is -2.45. The Morgan fingerprint density at radius 1 is 1.12 bits per heavy atom. The third-order valence-corrected chi connectivity index (χ3v) is 9.06. The topological polar surface area (TPSA) is 111 Å². The molecule has 0 bridgehead atoms. The van der Waals surface area contributed by atoms with E-state index < -0.39 is 40.9 Å². The summed E-state index contributed by atoms with van der Waals surface area (Å²) in [6, 6.07) is 9.63. The smallest absolute Gasteiger partial charge is 0.331 e. The van der Waals surface area contributed by atoms with Crippen molar-refractivity contribution in [3.05, 3.63) is 71.8 Å². The fraction of sp³-hybridized carbons (Fsp3) is 0.500. The van der Waals surface area contributed by atoms with Crippen molar-refractivity contribution in [3.8, 4) is 0 Å². The van der Waals surface area contributed by atoms with E-state index in [1.165, 1.54) is 6.92 Å². The molecule has 4 aliphatic rings. The van der Waals surface area contributed by atoms with Crippen LogP contribution in [0.4, 0.5) is 0 Å². The van der Waals surface area contributed by atoms with Gasteiger partial charge in [0.15, 0.2) is 6.10 Å². The third kappa shape index (κ3) is 4.83. The first-order chi connectivity index (χ1) is 19.0. The number of fused-ring (bicyclic) bond motifs is 2. The molecule has 5 rings (SSSR count). The van der Waals surface area contributed by atoms with Crippen LogP contribution in [0.1, 0.15) is 46.6 Å². The minimum Gasteiger partial charge on any atom is -0.450 e. The second-order valence-electron chi connectivity index (χ2n) is 11.8. The van der Waals surface area contributed by atoms with Gasteiger partial charge in [0.25, 0.3) is 5.91 Å². The highest BCUT2D eigenvalue weighted by Gasteiger charge is 2.78. The van der Waals surface area contributed by atoms with Gasteiger partial charge < -0.3 is 19.5 Å². The Morgan fingerprint density at radius 3 is 2.55 bits per heavy atom. The van der Waals surface area contributed by atoms with Crippen molar-refractivity contribution in [2.75, 3.05) is 0 Å². The molecular formula is C32H37NO7. The number of carbonyl (C=O) groups is 4. The number of benzene rings is 1. The van der Waals surface area contributed by atoms with Crippen molar-refractivity contribution in [2.24, 2.45) is 23.7 Å². The van der Waals surface area contributed by atoms with Crippen molar-refractivity contribution in [2.45, 2.75) is 76.9 Å². The van der Waals surface area contributed by atoms with Crippen LogP contribution in [0.5, 0.6) is 0 Å². The summed E-state index contributed by atoms with van der Waals surface area (Å²) in [4.78, 5) is 52.1. The van der Waals surface area contributed by atoms with Gasteiger partial charge in [0.2, 0.25) is 11.4 Å². The van der Waals surface area contributed by atoms with Gasteiger partial charge in [-0.2, -0.15) is 0 Å². The zero-order valence-corrected chi connectivity index (χ0v) is 23.6. The van der Waals surface area contributed by atoms with Crippen LogP contribution in [0, 0.1) is 23.7 Å². The molecule has 2 saturated heterocycles. The summed E-state index contributed by atoms with van der Waals surface area (Å²) in [5.41, 5.74) is -0.308. The van der Waals surface area contributed by atoms with Gasteiger partial charge in [-0.1, -0.05) is 62.4 Å². The molecule has 9 atom stereocenters. The number of allylic oxidation sites excluding steroid dienone is 2. The summed E-state index contributed by atoms with van der Waals surface area (Å²) in [6.45, 7) is 9.09. The Labute approximate surface area is 234 Å². The molecule has 1 aromatic carbocycles. The maximum atomic E-state index is 14.0. The first-order valence-electron chi connectivity index (χ1n) is 14.0. The van der Waals surface area contributed by atoms with E-state index in [0.29, 0.717) is 18.4 Å². The van der Waals surface area contributed by atoms with Crippen molar-refractivity contribution in [1.82, 2.24) is 5.32 Å². The van der Waals surface area contributed by atoms with Gasteiger partial charge in [-0.3, -0.25) is 14.4 Å². The number of rotatable bonds is 3. The molecule has 3 aliphatic heterocycles. The fourth-order valence-electron chi connectivity index (χ4n) is 7.03. The first-order valence-corrected chi connectivity index (χ1v) is 14.0. The van der Waals surface area contributed by atoms with Crippen LogP contribution >= 0.6 is 0 Å². The van der Waals surface area contributed by atoms with E-state index in [2.05, 4.69) is 19.2 Å². The summed E-state index contributed by atoms with van der Waals surface area (Å²) in [7, 11) is 0. The van der Waals surface area contributed by atoms with E-state index in [-0.39, 0.29) is 35.8 Å². The third-order valence-electron chi connectivity index (χ3n) is 9.06. The minimum absolute atomic E-state index is 0.0144. The Kier molecular flexibility index (Phi) is 7.33. The molecule has 3 heterocycles. The first kappa shape index (κ1) is 28.0. The molecule has 0 radical (unpaired) electrons. The summed E-state index contributed by atoms with van der Waals surface area (Å²) >= 11 is 0. The second-order valence-corrected chi connectivity index (χ2v) is 11.8. The molecule has 1 saturated carbocycles. The summed E-state index contributed by atoms with van der Waals surface area (Å²) in [6.07, 6.45) is 7.70. The average Bonchev–Trinajstić information content (AvgIpc) is 3.52. The van der Waals surface area contributed by atoms with Crippen LogP contribution in [0.15, 0.2) is 66.3 Å². The summed E-state index contributed by atoms with van der Waals surface area (Å²) < 4.78 is 17.8. The predicted molar refractivity (Wildman–Crippen MR) is 147 cm³/mol. The minimum atomic E-state index is -1.51. The highest BCUT2D eigenvalue weighted by molar-refractivity contribution is 6.01. The van der Waals surface area contributed by atoms with E-state index in [1.807, 2.05) is 55.5 Å². The Hall–Kier alpha value is -3.52. The van der Waals surface area contributed by atoms with Crippen LogP contribution < -0.4 is 5.32 Å². The van der Waals surface area contributed by atoms with Crippen LogP contribution in [-0.4, -0.2) is 53.1 Å². The lowest BCUT2D eigenvalue weighted by molar-refractivity contribution is -0.177. The van der Waals surface area contributed by atoms with Crippen molar-refractivity contribution in [1.29, 1.82) is 0 Å². The Morgan fingerprint density at radius 2 is 1.85 bits per heavy atom. The molecule has 0 unspecified atom stereocenters. The maximum absolute atomic E-state index is 14.0. The van der Waals surface area contributed by atoms with Crippen molar-refractivity contribution < 1.29 is 33.4 Å². The summed E-state index contributed by atoms with van der Waals surface area (Å²) in [5, 5.41) is 3.17. The van der Waals surface area contributed by atoms with E-state index in [9.17, 15) is 19.2 Å². The highest BCUT2D eigenvalue weighted by atomic mass is 16.6. The number of amides is 1. The number of carbonyl (C=O) groups excluding carboxylic acids is 4. The number of epoxide rings is 1. The molecule has 1 aromatic rings. The highest BCUT2D eigenvalue weighted by Crippen LogP contribution is 2.63. The Bertz CT molecular complexity index is 1300. The number of ether oxygens (including phenoxy) is 3. The van der Waals surface area contributed by atoms with E-state index >= 15 is 0 Å². The second kappa shape index (κ2) is 10.5. The molecule has 1 aliphatic carbocycles. The molecule has 212 valence electrons. The lowest BCUT2D eigenvalue weighted by Crippen LogP contribution is -2.61. The predicted octanol–water partition coefficient (Wildman–Crippen LogP) is 3.65. The van der Waals surface area contributed by atoms with Crippen molar-refractivity contribution in [3.63, 3.8) is 0 Å². The molecule has 1 amide bonds. The largest absolute Gasteiger partial charge is 0.450 e. The quantitative estimate of drug-likeness (QED) is 0.349. The zero-order chi connectivity index (χ0) is 28.8. The SMILES string of the molecule is CC(=O)O[C@@H]1C(=O)/C=C/C(=O)O[C@@]23C(=O)N[C@@H](Cc4ccccc4)[C@@H]2[C@H](C)[C@@]2(C)O[C@H]2[C@@H]3/C=C/C[C@H](C)/C=C/1C. The van der Waals surface area contributed by atoms with Gasteiger partial charge in [-0.15, -0.1) is 0 Å². The number of nitrogens with one attached hydrogen (secondary N) is 1. The van der Waals surface area contributed by atoms with E-state index in [1.54, 1.807) is 6.92 Å². The van der Waals surface area contributed by atoms with Crippen LogP contribution in [-0.2, 0) is 39.8 Å². The fourth-order valence-corrected chi connectivity index (χ4v) is 7.03. The molecule has 40 heavy (non-hydrogen) atoms. The molecule has 1 spiro atoms. The standard InChI is InChI=1S/C32H37NO7/c1-18-10-9-13-23-29-31(5,40-29)20(3)27-24(17-22-11-7-6-8-12-22)33-30(37)32(23,27)39-26(36)15-14-25(35)28(19(2)16-18)38-21(4)34/h6-9,11-16,18,20,23-24,27-29H,10,17H2,1-5H3,(H,33,37)/b13-9+,15-14+,19-16+/t18-,20-,23-,24-,27-,28-,29-,31+,32+/m0/s1.